The maximum absolute atomic E-state index is 9.24. The summed E-state index contributed by atoms with van der Waals surface area (Å²) in [5, 5.41) is 12.7. The number of hydrogen-bond donors (Lipinski definition) is 1. The summed E-state index contributed by atoms with van der Waals surface area (Å²) in [5.41, 5.74) is 4.62. The summed E-state index contributed by atoms with van der Waals surface area (Å²) >= 11 is 0. The van der Waals surface area contributed by atoms with E-state index in [1.54, 1.807) is 18.3 Å². The van der Waals surface area contributed by atoms with Gasteiger partial charge in [0, 0.05) is 43.3 Å². The third-order valence-corrected chi connectivity index (χ3v) is 6.38. The lowest BCUT2D eigenvalue weighted by atomic mass is 10.0. The van der Waals surface area contributed by atoms with Crippen molar-refractivity contribution >= 4 is 17.3 Å². The van der Waals surface area contributed by atoms with Crippen molar-refractivity contribution in [3.63, 3.8) is 0 Å². The normalized spacial score (nSPS) is 18.1. The molecule has 2 fully saturated rings. The second-order valence-corrected chi connectivity index (χ2v) is 8.82. The number of nitriles is 1. The highest BCUT2D eigenvalue weighted by Crippen LogP contribution is 2.46. The highest BCUT2D eigenvalue weighted by Gasteiger charge is 2.29. The van der Waals surface area contributed by atoms with Crippen molar-refractivity contribution in [1.29, 1.82) is 5.26 Å². The van der Waals surface area contributed by atoms with Gasteiger partial charge in [-0.2, -0.15) is 5.26 Å². The molecule has 0 bridgehead atoms. The van der Waals surface area contributed by atoms with Gasteiger partial charge in [-0.15, -0.1) is 0 Å². The Labute approximate surface area is 188 Å². The van der Waals surface area contributed by atoms with Gasteiger partial charge in [-0.25, -0.2) is 9.97 Å². The van der Waals surface area contributed by atoms with Crippen LogP contribution in [0, 0.1) is 11.3 Å². The first-order valence-electron chi connectivity index (χ1n) is 11.1. The maximum atomic E-state index is 9.24. The van der Waals surface area contributed by atoms with Gasteiger partial charge < -0.3 is 15.1 Å². The lowest BCUT2D eigenvalue weighted by molar-refractivity contribution is 0.315. The lowest BCUT2D eigenvalue weighted by Gasteiger charge is -2.21. The third-order valence-electron chi connectivity index (χ3n) is 6.38. The summed E-state index contributed by atoms with van der Waals surface area (Å²) in [6, 6.07) is 12.5. The second-order valence-electron chi connectivity index (χ2n) is 8.82. The van der Waals surface area contributed by atoms with Crippen LogP contribution in [0.5, 0.6) is 0 Å². The molecule has 0 unspecified atom stereocenters. The van der Waals surface area contributed by atoms with Gasteiger partial charge >= 0.3 is 0 Å². The topological polar surface area (TPSA) is 81.0 Å². The molecule has 1 N–H and O–H groups in total. The largest absolute Gasteiger partial charge is 0.355 e. The van der Waals surface area contributed by atoms with E-state index < -0.39 is 0 Å². The molecule has 0 spiro atoms. The molecule has 162 valence electrons. The van der Waals surface area contributed by atoms with Gasteiger partial charge in [0.1, 0.15) is 11.6 Å². The zero-order valence-electron chi connectivity index (χ0n) is 18.5. The second kappa shape index (κ2) is 8.56. The summed E-state index contributed by atoms with van der Waals surface area (Å²) in [6.45, 7) is 2.03. The first kappa shape index (κ1) is 20.4. The quantitative estimate of drug-likeness (QED) is 0.635. The Hall–Kier alpha value is -3.50. The van der Waals surface area contributed by atoms with Crippen molar-refractivity contribution in [3.8, 4) is 17.3 Å². The molecule has 2 aliphatic rings. The zero-order chi connectivity index (χ0) is 22.1. The molecular formula is C25H27N7. The molecule has 0 amide bonds. The van der Waals surface area contributed by atoms with Crippen LogP contribution in [0.25, 0.3) is 11.3 Å². The van der Waals surface area contributed by atoms with Crippen molar-refractivity contribution in [2.24, 2.45) is 0 Å². The number of likely N-dealkylation sites (N-methyl/N-ethyl adjacent to an activating group) is 1. The van der Waals surface area contributed by atoms with Crippen LogP contribution >= 0.6 is 0 Å². The molecule has 1 aliphatic heterocycles. The van der Waals surface area contributed by atoms with Gasteiger partial charge in [-0.3, -0.25) is 4.98 Å². The molecule has 7 nitrogen and oxygen atoms in total. The number of aromatic nitrogens is 3. The molecule has 1 saturated carbocycles. The van der Waals surface area contributed by atoms with E-state index in [0.29, 0.717) is 23.3 Å². The SMILES string of the molecule is CN(C)[C@@H]1CCN(c2ccc(-c3nccc(C4CC4)c3Nc3cc(C#N)ccn3)cn2)C1. The van der Waals surface area contributed by atoms with Gasteiger partial charge in [0.2, 0.25) is 0 Å². The Balaban J connectivity index is 1.46. The fourth-order valence-electron chi connectivity index (χ4n) is 4.34. The van der Waals surface area contributed by atoms with Crippen molar-refractivity contribution in [2.45, 2.75) is 31.2 Å². The van der Waals surface area contributed by atoms with E-state index in [2.05, 4.69) is 58.5 Å². The molecule has 5 rings (SSSR count). The van der Waals surface area contributed by atoms with Crippen LogP contribution in [-0.4, -0.2) is 53.1 Å². The van der Waals surface area contributed by atoms with Crippen LogP contribution in [0.4, 0.5) is 17.3 Å². The Bertz CT molecular complexity index is 1150. The molecule has 32 heavy (non-hydrogen) atoms. The van der Waals surface area contributed by atoms with Gasteiger partial charge in [0.05, 0.1) is 23.0 Å². The van der Waals surface area contributed by atoms with E-state index in [1.807, 2.05) is 12.4 Å². The predicted molar refractivity (Wildman–Crippen MR) is 126 cm³/mol. The van der Waals surface area contributed by atoms with Crippen LogP contribution in [0.15, 0.2) is 48.9 Å². The Morgan fingerprint density at radius 2 is 1.91 bits per heavy atom. The van der Waals surface area contributed by atoms with Gasteiger partial charge in [-0.1, -0.05) is 0 Å². The zero-order valence-corrected chi connectivity index (χ0v) is 18.5. The van der Waals surface area contributed by atoms with Crippen molar-refractivity contribution in [3.05, 3.63) is 60.0 Å². The standard InChI is InChI=1S/C25H27N7/c1-31(2)20-9-12-32(16-20)23-6-5-19(15-29-23)24-25(21(8-11-28-24)18-3-4-18)30-22-13-17(14-26)7-10-27-22/h5-8,10-11,13,15,18,20H,3-4,9,12,16H2,1-2H3,(H,27,30)/t20-/m1/s1. The first-order chi connectivity index (χ1) is 15.6. The smallest absolute Gasteiger partial charge is 0.131 e. The molecule has 0 radical (unpaired) electrons. The van der Waals surface area contributed by atoms with Crippen molar-refractivity contribution in [1.82, 2.24) is 19.9 Å². The van der Waals surface area contributed by atoms with Crippen molar-refractivity contribution in [2.75, 3.05) is 37.4 Å². The molecule has 1 atom stereocenters. The Morgan fingerprint density at radius 1 is 1.06 bits per heavy atom. The Kier molecular flexibility index (Phi) is 5.46. The van der Waals surface area contributed by atoms with Gasteiger partial charge in [-0.05, 0) is 75.2 Å². The summed E-state index contributed by atoms with van der Waals surface area (Å²) in [5.74, 6) is 2.20. The minimum atomic E-state index is 0.540. The fourth-order valence-corrected chi connectivity index (χ4v) is 4.34. The van der Waals surface area contributed by atoms with E-state index in [-0.39, 0.29) is 0 Å². The molecule has 7 heteroatoms. The fraction of sp³-hybridized carbons (Fsp3) is 0.360. The van der Waals surface area contributed by atoms with E-state index in [9.17, 15) is 5.26 Å². The first-order valence-corrected chi connectivity index (χ1v) is 11.1. The molecule has 0 aromatic carbocycles. The average molecular weight is 426 g/mol. The van der Waals surface area contributed by atoms with E-state index in [0.717, 1.165) is 42.3 Å². The van der Waals surface area contributed by atoms with Gasteiger partial charge in [0.25, 0.3) is 0 Å². The highest BCUT2D eigenvalue weighted by atomic mass is 15.3. The molecule has 1 saturated heterocycles. The minimum absolute atomic E-state index is 0.540. The highest BCUT2D eigenvalue weighted by molar-refractivity contribution is 5.80. The Morgan fingerprint density at radius 3 is 2.59 bits per heavy atom. The summed E-state index contributed by atoms with van der Waals surface area (Å²) < 4.78 is 0. The molecular weight excluding hydrogens is 398 g/mol. The minimum Gasteiger partial charge on any atom is -0.355 e. The summed E-state index contributed by atoms with van der Waals surface area (Å²) in [6.07, 6.45) is 8.97. The number of nitrogens with one attached hydrogen (secondary N) is 1. The van der Waals surface area contributed by atoms with Gasteiger partial charge in [0.15, 0.2) is 0 Å². The van der Waals surface area contributed by atoms with Crippen LogP contribution in [-0.2, 0) is 0 Å². The van der Waals surface area contributed by atoms with E-state index in [1.165, 1.54) is 18.4 Å². The van der Waals surface area contributed by atoms with E-state index in [4.69, 9.17) is 9.97 Å². The number of hydrogen-bond acceptors (Lipinski definition) is 7. The van der Waals surface area contributed by atoms with Crippen LogP contribution in [0.3, 0.4) is 0 Å². The number of pyridine rings is 3. The molecule has 4 heterocycles. The predicted octanol–water partition coefficient (Wildman–Crippen LogP) is 4.17. The maximum Gasteiger partial charge on any atom is 0.131 e. The lowest BCUT2D eigenvalue weighted by Crippen LogP contribution is -2.31. The third kappa shape index (κ3) is 4.14. The molecule has 3 aromatic rings. The number of rotatable bonds is 6. The van der Waals surface area contributed by atoms with Crippen LogP contribution in [0.2, 0.25) is 0 Å². The number of anilines is 3. The average Bonchev–Trinajstić information content (AvgIpc) is 3.54. The van der Waals surface area contributed by atoms with E-state index >= 15 is 0 Å². The number of nitrogens with zero attached hydrogens (tertiary/aromatic N) is 6. The van der Waals surface area contributed by atoms with Crippen molar-refractivity contribution < 1.29 is 0 Å². The summed E-state index contributed by atoms with van der Waals surface area (Å²) in [7, 11) is 4.28. The summed E-state index contributed by atoms with van der Waals surface area (Å²) in [4.78, 5) is 18.5. The monoisotopic (exact) mass is 425 g/mol. The van der Waals surface area contributed by atoms with Crippen LogP contribution < -0.4 is 10.2 Å². The molecule has 1 aliphatic carbocycles. The molecule has 3 aromatic heterocycles. The van der Waals surface area contributed by atoms with Crippen LogP contribution in [0.1, 0.15) is 36.3 Å².